The Morgan fingerprint density at radius 2 is 2.03 bits per heavy atom. The zero-order valence-electron chi connectivity index (χ0n) is 16.2. The SMILES string of the molecule is CCc1c(C)nc2ccccc2c1SCCOC(=O)Nc1cccc([N+](=O)[O-])c1. The first-order valence-corrected chi connectivity index (χ1v) is 10.2. The van der Waals surface area contributed by atoms with Crippen LogP contribution in [0.15, 0.2) is 53.4 Å². The summed E-state index contributed by atoms with van der Waals surface area (Å²) in [6.45, 7) is 4.33. The second kappa shape index (κ2) is 9.38. The summed E-state index contributed by atoms with van der Waals surface area (Å²) in [5, 5.41) is 14.4. The second-order valence-electron chi connectivity index (χ2n) is 6.29. The Bertz CT molecular complexity index is 1060. The van der Waals surface area contributed by atoms with Crippen LogP contribution in [0.1, 0.15) is 18.2 Å². The molecule has 0 aliphatic rings. The molecule has 1 heterocycles. The van der Waals surface area contributed by atoms with Crippen molar-refractivity contribution in [3.05, 3.63) is 69.9 Å². The van der Waals surface area contributed by atoms with E-state index < -0.39 is 11.0 Å². The van der Waals surface area contributed by atoms with Gasteiger partial charge in [0.15, 0.2) is 0 Å². The number of aromatic nitrogens is 1. The van der Waals surface area contributed by atoms with Crippen LogP contribution in [0, 0.1) is 17.0 Å². The molecule has 2 aromatic carbocycles. The van der Waals surface area contributed by atoms with Crippen molar-refractivity contribution in [2.75, 3.05) is 17.7 Å². The van der Waals surface area contributed by atoms with E-state index in [1.807, 2.05) is 25.1 Å². The van der Waals surface area contributed by atoms with Gasteiger partial charge in [0.1, 0.15) is 6.61 Å². The lowest BCUT2D eigenvalue weighted by molar-refractivity contribution is -0.384. The van der Waals surface area contributed by atoms with Crippen molar-refractivity contribution in [3.63, 3.8) is 0 Å². The van der Waals surface area contributed by atoms with Gasteiger partial charge in [0.05, 0.1) is 16.1 Å². The largest absolute Gasteiger partial charge is 0.448 e. The molecular formula is C21H21N3O4S. The topological polar surface area (TPSA) is 94.4 Å². The van der Waals surface area contributed by atoms with Crippen LogP contribution in [0.5, 0.6) is 0 Å². The van der Waals surface area contributed by atoms with Gasteiger partial charge in [-0.25, -0.2) is 4.79 Å². The quantitative estimate of drug-likeness (QED) is 0.244. The normalized spacial score (nSPS) is 10.7. The number of para-hydroxylation sites is 1. The van der Waals surface area contributed by atoms with Gasteiger partial charge in [-0.1, -0.05) is 31.2 Å². The summed E-state index contributed by atoms with van der Waals surface area (Å²) in [7, 11) is 0. The Labute approximate surface area is 172 Å². The van der Waals surface area contributed by atoms with Crippen molar-refractivity contribution in [1.29, 1.82) is 0 Å². The number of nitrogens with one attached hydrogen (secondary N) is 1. The number of nitro groups is 1. The number of hydrogen-bond donors (Lipinski definition) is 1. The molecule has 7 nitrogen and oxygen atoms in total. The van der Waals surface area contributed by atoms with E-state index in [1.165, 1.54) is 28.7 Å². The first kappa shape index (κ1) is 20.6. The van der Waals surface area contributed by atoms with Gasteiger partial charge in [0.2, 0.25) is 0 Å². The third-order valence-electron chi connectivity index (χ3n) is 4.37. The van der Waals surface area contributed by atoms with Crippen molar-refractivity contribution in [2.24, 2.45) is 0 Å². The predicted molar refractivity (Wildman–Crippen MR) is 115 cm³/mol. The molecule has 0 unspecified atom stereocenters. The fourth-order valence-electron chi connectivity index (χ4n) is 3.05. The second-order valence-corrected chi connectivity index (χ2v) is 7.40. The van der Waals surface area contributed by atoms with Crippen molar-refractivity contribution in [3.8, 4) is 0 Å². The van der Waals surface area contributed by atoms with Gasteiger partial charge < -0.3 is 4.74 Å². The van der Waals surface area contributed by atoms with E-state index in [4.69, 9.17) is 4.74 Å². The lowest BCUT2D eigenvalue weighted by atomic mass is 10.1. The molecule has 0 atom stereocenters. The van der Waals surface area contributed by atoms with Crippen LogP contribution in [-0.2, 0) is 11.2 Å². The average Bonchev–Trinajstić information content (AvgIpc) is 2.71. The molecule has 0 fully saturated rings. The fourth-order valence-corrected chi connectivity index (χ4v) is 4.21. The van der Waals surface area contributed by atoms with Gasteiger partial charge in [-0.3, -0.25) is 20.4 Å². The van der Waals surface area contributed by atoms with Crippen LogP contribution in [0.25, 0.3) is 10.9 Å². The molecule has 0 saturated heterocycles. The number of aryl methyl sites for hydroxylation is 1. The number of amides is 1. The molecule has 1 aromatic heterocycles. The molecule has 0 bridgehead atoms. The standard InChI is InChI=1S/C21H21N3O4S/c1-3-17-14(2)22-19-10-5-4-9-18(19)20(17)29-12-11-28-21(25)23-15-7-6-8-16(13-15)24(26)27/h4-10,13H,3,11-12H2,1-2H3,(H,23,25). The van der Waals surface area contributed by atoms with Gasteiger partial charge in [-0.15, -0.1) is 11.8 Å². The molecule has 8 heteroatoms. The Morgan fingerprint density at radius 3 is 2.79 bits per heavy atom. The molecule has 1 N–H and O–H groups in total. The molecule has 3 aromatic rings. The number of rotatable bonds is 7. The fraction of sp³-hybridized carbons (Fsp3) is 0.238. The summed E-state index contributed by atoms with van der Waals surface area (Å²) in [6, 6.07) is 13.7. The summed E-state index contributed by atoms with van der Waals surface area (Å²) in [5.41, 5.74) is 3.40. The van der Waals surface area contributed by atoms with E-state index in [-0.39, 0.29) is 12.3 Å². The number of thioether (sulfide) groups is 1. The number of carbonyl (C=O) groups excluding carboxylic acids is 1. The smallest absolute Gasteiger partial charge is 0.411 e. The van der Waals surface area contributed by atoms with E-state index in [0.29, 0.717) is 11.4 Å². The van der Waals surface area contributed by atoms with E-state index in [1.54, 1.807) is 17.8 Å². The zero-order chi connectivity index (χ0) is 20.8. The maximum atomic E-state index is 12.0. The van der Waals surface area contributed by atoms with Gasteiger partial charge >= 0.3 is 6.09 Å². The monoisotopic (exact) mass is 411 g/mol. The minimum absolute atomic E-state index is 0.0922. The third kappa shape index (κ3) is 5.03. The highest BCUT2D eigenvalue weighted by atomic mass is 32.2. The summed E-state index contributed by atoms with van der Waals surface area (Å²) in [4.78, 5) is 28.1. The number of benzene rings is 2. The highest BCUT2D eigenvalue weighted by Gasteiger charge is 2.13. The molecule has 0 aliphatic heterocycles. The summed E-state index contributed by atoms with van der Waals surface area (Å²) in [6.07, 6.45) is 0.234. The molecule has 0 saturated carbocycles. The summed E-state index contributed by atoms with van der Waals surface area (Å²) >= 11 is 1.64. The minimum Gasteiger partial charge on any atom is -0.448 e. The van der Waals surface area contributed by atoms with Crippen LogP contribution >= 0.6 is 11.8 Å². The molecule has 1 amide bonds. The lowest BCUT2D eigenvalue weighted by Crippen LogP contribution is -2.15. The van der Waals surface area contributed by atoms with E-state index >= 15 is 0 Å². The molecular weight excluding hydrogens is 390 g/mol. The number of fused-ring (bicyclic) bond motifs is 1. The zero-order valence-corrected chi connectivity index (χ0v) is 17.0. The van der Waals surface area contributed by atoms with Gasteiger partial charge in [-0.05, 0) is 31.0 Å². The average molecular weight is 411 g/mol. The van der Waals surface area contributed by atoms with Gasteiger partial charge in [0.25, 0.3) is 5.69 Å². The van der Waals surface area contributed by atoms with Crippen LogP contribution in [0.4, 0.5) is 16.2 Å². The van der Waals surface area contributed by atoms with E-state index in [2.05, 4.69) is 23.3 Å². The van der Waals surface area contributed by atoms with Gasteiger partial charge in [-0.2, -0.15) is 0 Å². The van der Waals surface area contributed by atoms with Crippen molar-refractivity contribution in [1.82, 2.24) is 4.98 Å². The first-order chi connectivity index (χ1) is 14.0. The Kier molecular flexibility index (Phi) is 6.66. The molecule has 3 rings (SSSR count). The molecule has 0 radical (unpaired) electrons. The van der Waals surface area contributed by atoms with Crippen molar-refractivity contribution < 1.29 is 14.5 Å². The Hall–Kier alpha value is -3.13. The summed E-state index contributed by atoms with van der Waals surface area (Å²) in [5.74, 6) is 0.586. The number of non-ortho nitro benzene ring substituents is 1. The van der Waals surface area contributed by atoms with Crippen molar-refractivity contribution >= 4 is 40.1 Å². The Morgan fingerprint density at radius 1 is 1.24 bits per heavy atom. The Balaban J connectivity index is 1.60. The predicted octanol–water partition coefficient (Wildman–Crippen LogP) is 5.35. The highest BCUT2D eigenvalue weighted by molar-refractivity contribution is 7.99. The number of carbonyl (C=O) groups is 1. The van der Waals surface area contributed by atoms with Crippen LogP contribution in [-0.4, -0.2) is 28.4 Å². The number of anilines is 1. The first-order valence-electron chi connectivity index (χ1n) is 9.19. The number of ether oxygens (including phenoxy) is 1. The highest BCUT2D eigenvalue weighted by Crippen LogP contribution is 2.32. The molecule has 29 heavy (non-hydrogen) atoms. The third-order valence-corrected chi connectivity index (χ3v) is 5.49. The van der Waals surface area contributed by atoms with Crippen molar-refractivity contribution in [2.45, 2.75) is 25.2 Å². The number of hydrogen-bond acceptors (Lipinski definition) is 6. The number of pyridine rings is 1. The maximum Gasteiger partial charge on any atom is 0.411 e. The number of nitrogens with zero attached hydrogens (tertiary/aromatic N) is 2. The van der Waals surface area contributed by atoms with E-state index in [0.717, 1.165) is 23.0 Å². The molecule has 0 aliphatic carbocycles. The minimum atomic E-state index is -0.641. The maximum absolute atomic E-state index is 12.0. The summed E-state index contributed by atoms with van der Waals surface area (Å²) < 4.78 is 5.23. The number of nitro benzene ring substituents is 1. The van der Waals surface area contributed by atoms with Crippen LogP contribution < -0.4 is 5.32 Å². The van der Waals surface area contributed by atoms with Crippen LogP contribution in [0.2, 0.25) is 0 Å². The van der Waals surface area contributed by atoms with E-state index in [9.17, 15) is 14.9 Å². The molecule has 150 valence electrons. The lowest BCUT2D eigenvalue weighted by Gasteiger charge is -2.14. The molecule has 0 spiro atoms. The van der Waals surface area contributed by atoms with Crippen LogP contribution in [0.3, 0.4) is 0 Å². The van der Waals surface area contributed by atoms with Gasteiger partial charge in [0, 0.05) is 33.9 Å².